The van der Waals surface area contributed by atoms with Gasteiger partial charge in [0.1, 0.15) is 16.9 Å². The van der Waals surface area contributed by atoms with Crippen molar-refractivity contribution in [3.63, 3.8) is 0 Å². The normalized spacial score (nSPS) is 20.8. The zero-order valence-corrected chi connectivity index (χ0v) is 23.5. The molecule has 3 atom stereocenters. The van der Waals surface area contributed by atoms with Crippen molar-refractivity contribution in [2.75, 3.05) is 5.32 Å². The Morgan fingerprint density at radius 1 is 0.976 bits per heavy atom. The van der Waals surface area contributed by atoms with Crippen molar-refractivity contribution in [3.05, 3.63) is 123 Å². The molecule has 7 nitrogen and oxygen atoms in total. The second-order valence-corrected chi connectivity index (χ2v) is 11.1. The van der Waals surface area contributed by atoms with Crippen LogP contribution in [0.2, 0.25) is 10.0 Å². The van der Waals surface area contributed by atoms with Crippen LogP contribution in [-0.4, -0.2) is 17.7 Å². The maximum absolute atomic E-state index is 14.3. The number of nitrogens with two attached hydrogens (primary N) is 1. The van der Waals surface area contributed by atoms with E-state index in [2.05, 4.69) is 16.6 Å². The molecule has 2 aliphatic heterocycles. The molecule has 0 radical (unpaired) electrons. The van der Waals surface area contributed by atoms with Crippen LogP contribution >= 0.6 is 23.2 Å². The first kappa shape index (κ1) is 27.4. The van der Waals surface area contributed by atoms with Crippen LogP contribution in [0, 0.1) is 12.3 Å². The van der Waals surface area contributed by atoms with Crippen molar-refractivity contribution in [3.8, 4) is 23.8 Å². The van der Waals surface area contributed by atoms with Crippen molar-refractivity contribution in [2.45, 2.75) is 23.8 Å². The van der Waals surface area contributed by atoms with E-state index in [1.807, 2.05) is 12.1 Å². The number of rotatable bonds is 5. The number of primary amides is 1. The molecule has 4 aromatic rings. The summed E-state index contributed by atoms with van der Waals surface area (Å²) in [6.07, 6.45) is 5.83. The molecule has 3 amide bonds. The molecular weight excluding hydrogens is 573 g/mol. The van der Waals surface area contributed by atoms with Crippen LogP contribution in [0.3, 0.4) is 0 Å². The van der Waals surface area contributed by atoms with Crippen LogP contribution in [0.5, 0.6) is 11.5 Å². The summed E-state index contributed by atoms with van der Waals surface area (Å²) < 4.78 is 6.29. The zero-order valence-electron chi connectivity index (χ0n) is 22.0. The molecule has 1 fully saturated rings. The topological polar surface area (TPSA) is 111 Å². The monoisotopic (exact) mass is 595 g/mol. The third-order valence-corrected chi connectivity index (χ3v) is 8.33. The molecule has 6 rings (SSSR count). The Morgan fingerprint density at radius 3 is 2.45 bits per heavy atom. The van der Waals surface area contributed by atoms with E-state index in [0.29, 0.717) is 49.5 Å². The SMILES string of the molecule is C#Cc1ccc(Oc2ccc(C(N)=O)cc2)c(C2NC(=O)CC(c3cccc(Cl)c3)C23C(=O)Nc2cc(Cl)ccc23)c1. The Bertz CT molecular complexity index is 1820. The number of amides is 3. The fraction of sp³-hybridized carbons (Fsp3) is 0.121. The molecule has 9 heteroatoms. The van der Waals surface area contributed by atoms with Gasteiger partial charge in [0.15, 0.2) is 0 Å². The van der Waals surface area contributed by atoms with Gasteiger partial charge in [-0.1, -0.05) is 47.3 Å². The van der Waals surface area contributed by atoms with E-state index in [1.54, 1.807) is 72.8 Å². The van der Waals surface area contributed by atoms with Gasteiger partial charge in [-0.15, -0.1) is 6.42 Å². The number of anilines is 1. The lowest BCUT2D eigenvalue weighted by Gasteiger charge is -2.46. The van der Waals surface area contributed by atoms with E-state index in [-0.39, 0.29) is 18.2 Å². The standard InChI is InChI=1S/C33H23Cl2N3O4/c1-2-18-6-13-28(42-23-10-7-19(8-11-23)31(36)40)24(14-18)30-33(25-12-9-22(35)16-27(25)37-32(33)41)26(17-29(39)38-30)20-4-3-5-21(34)15-20/h1,3-16,26,30H,17H2,(H2,36,40)(H,37,41)(H,38,39). The van der Waals surface area contributed by atoms with Crippen LogP contribution in [0.4, 0.5) is 5.69 Å². The molecule has 0 bridgehead atoms. The summed E-state index contributed by atoms with van der Waals surface area (Å²) in [4.78, 5) is 39.3. The summed E-state index contributed by atoms with van der Waals surface area (Å²) in [7, 11) is 0. The van der Waals surface area contributed by atoms with Crippen molar-refractivity contribution >= 4 is 46.6 Å². The molecule has 4 N–H and O–H groups in total. The third kappa shape index (κ3) is 4.55. The molecule has 1 spiro atoms. The number of ether oxygens (including phenoxy) is 1. The molecule has 4 aromatic carbocycles. The lowest BCUT2D eigenvalue weighted by atomic mass is 9.59. The average Bonchev–Trinajstić information content (AvgIpc) is 3.25. The molecule has 0 saturated carbocycles. The number of terminal acetylenes is 1. The minimum absolute atomic E-state index is 0.0337. The maximum Gasteiger partial charge on any atom is 0.248 e. The number of carbonyl (C=O) groups is 3. The van der Waals surface area contributed by atoms with Gasteiger partial charge in [0.05, 0.1) is 6.04 Å². The molecule has 1 saturated heterocycles. The van der Waals surface area contributed by atoms with E-state index in [9.17, 15) is 14.4 Å². The molecule has 208 valence electrons. The summed E-state index contributed by atoms with van der Waals surface area (Å²) in [5.74, 6) is 1.70. The summed E-state index contributed by atoms with van der Waals surface area (Å²) >= 11 is 12.7. The predicted octanol–water partition coefficient (Wildman–Crippen LogP) is 6.10. The van der Waals surface area contributed by atoms with Crippen molar-refractivity contribution in [2.24, 2.45) is 5.73 Å². The Morgan fingerprint density at radius 2 is 1.74 bits per heavy atom. The van der Waals surface area contributed by atoms with Gasteiger partial charge in [-0.25, -0.2) is 0 Å². The number of hydrogen-bond donors (Lipinski definition) is 3. The molecule has 3 unspecified atom stereocenters. The Labute approximate surface area is 252 Å². The Balaban J connectivity index is 1.58. The minimum Gasteiger partial charge on any atom is -0.457 e. The van der Waals surface area contributed by atoms with Gasteiger partial charge in [-0.2, -0.15) is 0 Å². The number of benzene rings is 4. The molecule has 2 heterocycles. The van der Waals surface area contributed by atoms with Crippen LogP contribution in [0.25, 0.3) is 0 Å². The van der Waals surface area contributed by atoms with Crippen molar-refractivity contribution < 1.29 is 19.1 Å². The number of piperidine rings is 1. The van der Waals surface area contributed by atoms with Crippen LogP contribution in [0.15, 0.2) is 84.9 Å². The van der Waals surface area contributed by atoms with E-state index in [4.69, 9.17) is 40.1 Å². The number of fused-ring (bicyclic) bond motifs is 2. The first-order chi connectivity index (χ1) is 20.2. The third-order valence-electron chi connectivity index (χ3n) is 7.86. The summed E-state index contributed by atoms with van der Waals surface area (Å²) in [6.45, 7) is 0. The van der Waals surface area contributed by atoms with Gasteiger partial charge >= 0.3 is 0 Å². The number of halogens is 2. The van der Waals surface area contributed by atoms with Crippen molar-refractivity contribution in [1.82, 2.24) is 5.32 Å². The quantitative estimate of drug-likeness (QED) is 0.242. The van der Waals surface area contributed by atoms with Gasteiger partial charge < -0.3 is 21.1 Å². The molecule has 2 aliphatic rings. The second-order valence-electron chi connectivity index (χ2n) is 10.2. The highest BCUT2D eigenvalue weighted by atomic mass is 35.5. The summed E-state index contributed by atoms with van der Waals surface area (Å²) in [5.41, 5.74) is 7.39. The van der Waals surface area contributed by atoms with Gasteiger partial charge in [0.25, 0.3) is 0 Å². The largest absolute Gasteiger partial charge is 0.457 e. The van der Waals surface area contributed by atoms with Gasteiger partial charge in [0, 0.05) is 44.8 Å². The van der Waals surface area contributed by atoms with E-state index >= 15 is 0 Å². The maximum atomic E-state index is 14.3. The van der Waals surface area contributed by atoms with Gasteiger partial charge in [-0.3, -0.25) is 14.4 Å². The fourth-order valence-electron chi connectivity index (χ4n) is 6.04. The summed E-state index contributed by atoms with van der Waals surface area (Å²) in [6, 6.07) is 23.0. The predicted molar refractivity (Wildman–Crippen MR) is 161 cm³/mol. The first-order valence-corrected chi connectivity index (χ1v) is 13.8. The van der Waals surface area contributed by atoms with Crippen LogP contribution < -0.4 is 21.1 Å². The first-order valence-electron chi connectivity index (χ1n) is 13.0. The van der Waals surface area contributed by atoms with Gasteiger partial charge in [-0.05, 0) is 77.9 Å². The number of nitrogens with one attached hydrogen (secondary N) is 2. The van der Waals surface area contributed by atoms with Gasteiger partial charge in [0.2, 0.25) is 17.7 Å². The Kier molecular flexibility index (Phi) is 6.90. The zero-order chi connectivity index (χ0) is 29.6. The molecular formula is C33H23Cl2N3O4. The number of hydrogen-bond acceptors (Lipinski definition) is 4. The highest BCUT2D eigenvalue weighted by molar-refractivity contribution is 6.31. The lowest BCUT2D eigenvalue weighted by molar-refractivity contribution is -0.131. The van der Waals surface area contributed by atoms with Crippen LogP contribution in [0.1, 0.15) is 51.0 Å². The summed E-state index contributed by atoms with van der Waals surface area (Å²) in [5, 5.41) is 7.04. The van der Waals surface area contributed by atoms with E-state index in [1.165, 1.54) is 0 Å². The van der Waals surface area contributed by atoms with E-state index in [0.717, 1.165) is 5.56 Å². The smallest absolute Gasteiger partial charge is 0.248 e. The van der Waals surface area contributed by atoms with Crippen LogP contribution in [-0.2, 0) is 15.0 Å². The molecule has 42 heavy (non-hydrogen) atoms. The second kappa shape index (κ2) is 10.6. The number of carbonyl (C=O) groups excluding carboxylic acids is 3. The molecule has 0 aromatic heterocycles. The van der Waals surface area contributed by atoms with Crippen molar-refractivity contribution in [1.29, 1.82) is 0 Å². The highest BCUT2D eigenvalue weighted by Gasteiger charge is 2.61. The highest BCUT2D eigenvalue weighted by Crippen LogP contribution is 2.58. The average molecular weight is 596 g/mol. The van der Waals surface area contributed by atoms with E-state index < -0.39 is 23.3 Å². The lowest BCUT2D eigenvalue weighted by Crippen LogP contribution is -2.56. The molecule has 0 aliphatic carbocycles. The fourth-order valence-corrected chi connectivity index (χ4v) is 6.41. The Hall–Kier alpha value is -4.77. The minimum atomic E-state index is -1.32.